The van der Waals surface area contributed by atoms with Gasteiger partial charge in [-0.2, -0.15) is 0 Å². The first-order valence-corrected chi connectivity index (χ1v) is 11.5. The van der Waals surface area contributed by atoms with Crippen molar-refractivity contribution in [2.75, 3.05) is 15.8 Å². The van der Waals surface area contributed by atoms with Gasteiger partial charge in [-0.05, 0) is 73.5 Å². The van der Waals surface area contributed by atoms with Gasteiger partial charge in [0.25, 0.3) is 10.0 Å². The average Bonchev–Trinajstić information content (AvgIpc) is 2.67. The molecule has 3 aromatic carbocycles. The van der Waals surface area contributed by atoms with Crippen LogP contribution in [0.25, 0.3) is 0 Å². The lowest BCUT2D eigenvalue weighted by Crippen LogP contribution is -2.14. The molecule has 150 valence electrons. The topological polar surface area (TPSA) is 75.3 Å². The molecule has 0 radical (unpaired) electrons. The minimum absolute atomic E-state index is 0.0890. The summed E-state index contributed by atoms with van der Waals surface area (Å²) in [4.78, 5) is 13.3. The maximum atomic E-state index is 12.4. The Morgan fingerprint density at radius 3 is 2.10 bits per heavy atom. The van der Waals surface area contributed by atoms with Crippen LogP contribution < -0.4 is 10.0 Å². The van der Waals surface area contributed by atoms with Gasteiger partial charge in [0, 0.05) is 16.3 Å². The SMILES string of the molecule is Cc1cc(C)cc(NC(=O)CSc2ccc(NS(=O)(=O)c3ccccc3)cc2)c1. The number of carbonyl (C=O) groups excluding carboxylic acids is 1. The molecule has 0 heterocycles. The monoisotopic (exact) mass is 426 g/mol. The van der Waals surface area contributed by atoms with Crippen molar-refractivity contribution in [1.82, 2.24) is 0 Å². The second-order valence-corrected chi connectivity index (χ2v) is 9.39. The third-order valence-corrected chi connectivity index (χ3v) is 6.44. The van der Waals surface area contributed by atoms with Crippen LogP contribution in [0, 0.1) is 13.8 Å². The van der Waals surface area contributed by atoms with E-state index < -0.39 is 10.0 Å². The van der Waals surface area contributed by atoms with Crippen molar-refractivity contribution in [3.63, 3.8) is 0 Å². The van der Waals surface area contributed by atoms with Crippen LogP contribution in [0.3, 0.4) is 0 Å². The van der Waals surface area contributed by atoms with Crippen LogP contribution in [0.15, 0.2) is 82.6 Å². The molecule has 2 N–H and O–H groups in total. The third kappa shape index (κ3) is 6.10. The van der Waals surface area contributed by atoms with E-state index in [-0.39, 0.29) is 16.6 Å². The first-order chi connectivity index (χ1) is 13.8. The summed E-state index contributed by atoms with van der Waals surface area (Å²) in [7, 11) is -3.61. The molecule has 0 fully saturated rings. The van der Waals surface area contributed by atoms with Crippen molar-refractivity contribution >= 4 is 39.1 Å². The summed E-state index contributed by atoms with van der Waals surface area (Å²) < 4.78 is 27.3. The molecule has 0 aliphatic carbocycles. The minimum Gasteiger partial charge on any atom is -0.325 e. The van der Waals surface area contributed by atoms with Gasteiger partial charge in [0.2, 0.25) is 5.91 Å². The number of nitrogens with one attached hydrogen (secondary N) is 2. The first-order valence-electron chi connectivity index (χ1n) is 9.01. The highest BCUT2D eigenvalue weighted by Crippen LogP contribution is 2.23. The van der Waals surface area contributed by atoms with E-state index in [1.807, 2.05) is 26.0 Å². The summed E-state index contributed by atoms with van der Waals surface area (Å²) in [5.74, 6) is 0.177. The molecular formula is C22H22N2O3S2. The highest BCUT2D eigenvalue weighted by molar-refractivity contribution is 8.00. The lowest BCUT2D eigenvalue weighted by Gasteiger charge is -2.09. The molecule has 0 aromatic heterocycles. The van der Waals surface area contributed by atoms with Crippen LogP contribution in [0.1, 0.15) is 11.1 Å². The van der Waals surface area contributed by atoms with Crippen molar-refractivity contribution in [1.29, 1.82) is 0 Å². The molecule has 1 amide bonds. The van der Waals surface area contributed by atoms with Crippen molar-refractivity contribution in [2.24, 2.45) is 0 Å². The third-order valence-electron chi connectivity index (χ3n) is 4.04. The van der Waals surface area contributed by atoms with Gasteiger partial charge in [-0.15, -0.1) is 11.8 Å². The molecule has 0 bridgehead atoms. The van der Waals surface area contributed by atoms with E-state index in [1.165, 1.54) is 11.8 Å². The van der Waals surface area contributed by atoms with Crippen LogP contribution in [0.5, 0.6) is 0 Å². The number of hydrogen-bond acceptors (Lipinski definition) is 4. The second-order valence-electron chi connectivity index (χ2n) is 6.66. The quantitative estimate of drug-likeness (QED) is 0.531. The first kappa shape index (κ1) is 21.0. The number of amides is 1. The molecule has 5 nitrogen and oxygen atoms in total. The summed E-state index contributed by atoms with van der Waals surface area (Å²) in [5.41, 5.74) is 3.46. The van der Waals surface area contributed by atoms with Crippen LogP contribution >= 0.6 is 11.8 Å². The van der Waals surface area contributed by atoms with Gasteiger partial charge >= 0.3 is 0 Å². The standard InChI is InChI=1S/C22H22N2O3S2/c1-16-12-17(2)14-19(13-16)23-22(25)15-28-20-10-8-18(9-11-20)24-29(26,27)21-6-4-3-5-7-21/h3-14,24H,15H2,1-2H3,(H,23,25). The fourth-order valence-corrected chi connectivity index (χ4v) is 4.60. The highest BCUT2D eigenvalue weighted by Gasteiger charge is 2.13. The van der Waals surface area contributed by atoms with E-state index in [1.54, 1.807) is 54.6 Å². The molecule has 7 heteroatoms. The molecular weight excluding hydrogens is 404 g/mol. The number of thioether (sulfide) groups is 1. The van der Waals surface area contributed by atoms with E-state index in [0.717, 1.165) is 21.7 Å². The van der Waals surface area contributed by atoms with Crippen molar-refractivity contribution in [2.45, 2.75) is 23.6 Å². The molecule has 0 unspecified atom stereocenters. The van der Waals surface area contributed by atoms with Gasteiger partial charge < -0.3 is 5.32 Å². The summed E-state index contributed by atoms with van der Waals surface area (Å²) in [6.07, 6.45) is 0. The Bertz CT molecular complexity index is 1080. The molecule has 29 heavy (non-hydrogen) atoms. The zero-order chi connectivity index (χ0) is 20.9. The zero-order valence-electron chi connectivity index (χ0n) is 16.2. The fraction of sp³-hybridized carbons (Fsp3) is 0.136. The van der Waals surface area contributed by atoms with Crippen molar-refractivity contribution in [3.05, 3.63) is 83.9 Å². The van der Waals surface area contributed by atoms with E-state index in [9.17, 15) is 13.2 Å². The Morgan fingerprint density at radius 1 is 0.862 bits per heavy atom. The molecule has 3 aromatic rings. The maximum absolute atomic E-state index is 12.4. The maximum Gasteiger partial charge on any atom is 0.261 e. The Morgan fingerprint density at radius 2 is 1.48 bits per heavy atom. The minimum atomic E-state index is -3.61. The Labute approximate surface area is 175 Å². The van der Waals surface area contributed by atoms with Gasteiger partial charge in [0.05, 0.1) is 10.6 Å². The number of sulfonamides is 1. The van der Waals surface area contributed by atoms with E-state index in [0.29, 0.717) is 5.69 Å². The van der Waals surface area contributed by atoms with E-state index >= 15 is 0 Å². The van der Waals surface area contributed by atoms with Crippen LogP contribution in [0.2, 0.25) is 0 Å². The normalized spacial score (nSPS) is 11.1. The van der Waals surface area contributed by atoms with Crippen molar-refractivity contribution < 1.29 is 13.2 Å². The molecule has 3 rings (SSSR count). The van der Waals surface area contributed by atoms with Gasteiger partial charge in [0.1, 0.15) is 0 Å². The Kier molecular flexibility index (Phi) is 6.61. The number of rotatable bonds is 7. The number of anilines is 2. The average molecular weight is 427 g/mol. The largest absolute Gasteiger partial charge is 0.325 e. The van der Waals surface area contributed by atoms with Gasteiger partial charge in [0.15, 0.2) is 0 Å². The number of benzene rings is 3. The molecule has 0 spiro atoms. The summed E-state index contributed by atoms with van der Waals surface area (Å²) in [6, 6.07) is 21.1. The molecule has 0 aliphatic heterocycles. The number of aryl methyl sites for hydroxylation is 2. The van der Waals surface area contributed by atoms with Gasteiger partial charge in [-0.1, -0.05) is 24.3 Å². The highest BCUT2D eigenvalue weighted by atomic mass is 32.2. The van der Waals surface area contributed by atoms with Crippen LogP contribution in [0.4, 0.5) is 11.4 Å². The van der Waals surface area contributed by atoms with Crippen LogP contribution in [-0.2, 0) is 14.8 Å². The Balaban J connectivity index is 1.56. The molecule has 0 saturated carbocycles. The summed E-state index contributed by atoms with van der Waals surface area (Å²) in [6.45, 7) is 3.98. The smallest absolute Gasteiger partial charge is 0.261 e. The second kappa shape index (κ2) is 9.15. The predicted octanol–water partition coefficient (Wildman–Crippen LogP) is 4.84. The summed E-state index contributed by atoms with van der Waals surface area (Å²) in [5, 5.41) is 2.90. The van der Waals surface area contributed by atoms with E-state index in [2.05, 4.69) is 16.1 Å². The lowest BCUT2D eigenvalue weighted by atomic mass is 10.1. The van der Waals surface area contributed by atoms with Crippen LogP contribution in [-0.4, -0.2) is 20.1 Å². The summed E-state index contributed by atoms with van der Waals surface area (Å²) >= 11 is 1.39. The molecule has 0 aliphatic rings. The van der Waals surface area contributed by atoms with Gasteiger partial charge in [-0.3, -0.25) is 9.52 Å². The lowest BCUT2D eigenvalue weighted by molar-refractivity contribution is -0.113. The van der Waals surface area contributed by atoms with Crippen molar-refractivity contribution in [3.8, 4) is 0 Å². The molecule has 0 saturated heterocycles. The molecule has 0 atom stereocenters. The van der Waals surface area contributed by atoms with E-state index in [4.69, 9.17) is 0 Å². The fourth-order valence-electron chi connectivity index (χ4n) is 2.83. The Hall–Kier alpha value is -2.77. The zero-order valence-corrected chi connectivity index (χ0v) is 17.8. The predicted molar refractivity (Wildman–Crippen MR) is 119 cm³/mol. The number of carbonyl (C=O) groups is 1. The van der Waals surface area contributed by atoms with Gasteiger partial charge in [-0.25, -0.2) is 8.42 Å². The number of hydrogen-bond donors (Lipinski definition) is 2.